The van der Waals surface area contributed by atoms with Gasteiger partial charge in [-0.05, 0) is 23.3 Å². The molecule has 1 aliphatic carbocycles. The molecule has 0 bridgehead atoms. The van der Waals surface area contributed by atoms with Gasteiger partial charge in [0.15, 0.2) is 11.5 Å². The standard InChI is InChI=1S/C28H34N2O10S/c1-37-20-11-17-14-30(24(32)5-7-26(35)36)15-18(17)12-21(20)39-8-3-9-40-27-22(38-2)10-16-13-23(41-28(16)29-27)19(31)4-6-25(33)34/h11-13,16,20-21H,3-10,14-15H2,1-2H3,(H,33,34)(H,35,36). The Kier molecular flexibility index (Phi) is 10.4. The van der Waals surface area contributed by atoms with Gasteiger partial charge in [-0.1, -0.05) is 17.8 Å². The molecule has 0 radical (unpaired) electrons. The highest BCUT2D eigenvalue weighted by Crippen LogP contribution is 2.41. The number of Topliss-reactive ketones (excluding diaryl/α,β-unsaturated/α-hetero) is 1. The molecule has 3 aliphatic heterocycles. The second-order valence-corrected chi connectivity index (χ2v) is 11.0. The summed E-state index contributed by atoms with van der Waals surface area (Å²) < 4.78 is 23.1. The number of rotatable bonds is 15. The largest absolute Gasteiger partial charge is 0.495 e. The molecule has 12 nitrogen and oxygen atoms in total. The maximum absolute atomic E-state index is 12.4. The van der Waals surface area contributed by atoms with Crippen LogP contribution in [0.25, 0.3) is 0 Å². The summed E-state index contributed by atoms with van der Waals surface area (Å²) in [7, 11) is 3.14. The minimum atomic E-state index is -1.01. The zero-order chi connectivity index (χ0) is 29.5. The summed E-state index contributed by atoms with van der Waals surface area (Å²) in [6, 6.07) is 0. The Morgan fingerprint density at radius 3 is 2.29 bits per heavy atom. The van der Waals surface area contributed by atoms with E-state index in [1.807, 2.05) is 18.2 Å². The lowest BCUT2D eigenvalue weighted by molar-refractivity contribution is -0.140. The fraction of sp³-hybridized carbons (Fsp3) is 0.536. The Bertz CT molecular complexity index is 1230. The predicted octanol–water partition coefficient (Wildman–Crippen LogP) is 2.67. The van der Waals surface area contributed by atoms with Gasteiger partial charge in [-0.25, -0.2) is 4.99 Å². The maximum atomic E-state index is 12.4. The number of ether oxygens (including phenoxy) is 4. The molecule has 3 unspecified atom stereocenters. The van der Waals surface area contributed by atoms with Crippen LogP contribution in [0.1, 0.15) is 38.5 Å². The Morgan fingerprint density at radius 1 is 0.951 bits per heavy atom. The summed E-state index contributed by atoms with van der Waals surface area (Å²) in [6.07, 6.45) is 5.67. The van der Waals surface area contributed by atoms with Crippen LogP contribution in [0.2, 0.25) is 0 Å². The first-order valence-corrected chi connectivity index (χ1v) is 14.2. The van der Waals surface area contributed by atoms with Crippen LogP contribution in [-0.4, -0.2) is 96.5 Å². The summed E-state index contributed by atoms with van der Waals surface area (Å²) in [4.78, 5) is 53.0. The Balaban J connectivity index is 1.25. The number of aliphatic imine (C=N–C) groups is 1. The average Bonchev–Trinajstić information content (AvgIpc) is 3.56. The Morgan fingerprint density at radius 2 is 1.63 bits per heavy atom. The smallest absolute Gasteiger partial charge is 0.303 e. The molecule has 0 aromatic heterocycles. The van der Waals surface area contributed by atoms with Gasteiger partial charge in [-0.2, -0.15) is 0 Å². The van der Waals surface area contributed by atoms with Crippen LogP contribution in [-0.2, 0) is 38.1 Å². The summed E-state index contributed by atoms with van der Waals surface area (Å²) in [5.74, 6) is -1.57. The van der Waals surface area contributed by atoms with Crippen molar-refractivity contribution in [1.29, 1.82) is 0 Å². The van der Waals surface area contributed by atoms with Crippen molar-refractivity contribution in [2.45, 2.75) is 50.7 Å². The van der Waals surface area contributed by atoms with E-state index in [4.69, 9.17) is 29.2 Å². The van der Waals surface area contributed by atoms with Crippen molar-refractivity contribution in [2.24, 2.45) is 10.9 Å². The van der Waals surface area contributed by atoms with Crippen molar-refractivity contribution in [3.05, 3.63) is 45.9 Å². The number of carbonyl (C=O) groups is 4. The van der Waals surface area contributed by atoms with E-state index in [9.17, 15) is 19.2 Å². The third-order valence-electron chi connectivity index (χ3n) is 7.03. The van der Waals surface area contributed by atoms with Crippen LogP contribution in [0, 0.1) is 5.92 Å². The van der Waals surface area contributed by atoms with Crippen LogP contribution in [0.15, 0.2) is 50.9 Å². The lowest BCUT2D eigenvalue weighted by Gasteiger charge is -2.26. The number of likely N-dealkylation sites (tertiary alicyclic amines) is 1. The molecule has 0 spiro atoms. The highest BCUT2D eigenvalue weighted by molar-refractivity contribution is 8.18. The van der Waals surface area contributed by atoms with Gasteiger partial charge in [0.1, 0.15) is 12.2 Å². The van der Waals surface area contributed by atoms with Gasteiger partial charge in [0.25, 0.3) is 5.88 Å². The highest BCUT2D eigenvalue weighted by Gasteiger charge is 2.34. The van der Waals surface area contributed by atoms with E-state index in [2.05, 4.69) is 4.99 Å². The maximum Gasteiger partial charge on any atom is 0.303 e. The molecule has 1 saturated heterocycles. The van der Waals surface area contributed by atoms with Gasteiger partial charge in [0.05, 0.1) is 43.1 Å². The van der Waals surface area contributed by atoms with Gasteiger partial charge in [0.2, 0.25) is 5.91 Å². The van der Waals surface area contributed by atoms with Crippen molar-refractivity contribution in [3.8, 4) is 0 Å². The number of carboxylic acids is 2. The van der Waals surface area contributed by atoms with Crippen molar-refractivity contribution >= 4 is 40.4 Å². The molecule has 0 saturated carbocycles. The first kappa shape index (κ1) is 30.5. The zero-order valence-corrected chi connectivity index (χ0v) is 23.8. The van der Waals surface area contributed by atoms with Crippen molar-refractivity contribution in [3.63, 3.8) is 0 Å². The molecular formula is C28H34N2O10S. The van der Waals surface area contributed by atoms with E-state index in [-0.39, 0.29) is 55.5 Å². The number of aliphatic carboxylic acids is 2. The average molecular weight is 591 g/mol. The molecule has 0 aromatic rings. The molecule has 41 heavy (non-hydrogen) atoms. The summed E-state index contributed by atoms with van der Waals surface area (Å²) in [5, 5.41) is 18.4. The van der Waals surface area contributed by atoms with Gasteiger partial charge >= 0.3 is 11.9 Å². The Labute approximate surface area is 241 Å². The number of allylic oxidation sites excluding steroid dienone is 3. The van der Waals surface area contributed by atoms with Crippen LogP contribution < -0.4 is 0 Å². The van der Waals surface area contributed by atoms with E-state index in [0.29, 0.717) is 55.7 Å². The summed E-state index contributed by atoms with van der Waals surface area (Å²) in [5.41, 5.74) is 1.97. The minimum Gasteiger partial charge on any atom is -0.495 e. The fourth-order valence-electron chi connectivity index (χ4n) is 4.87. The van der Waals surface area contributed by atoms with Crippen LogP contribution in [0.3, 0.4) is 0 Å². The summed E-state index contributed by atoms with van der Waals surface area (Å²) >= 11 is 1.25. The monoisotopic (exact) mass is 590 g/mol. The number of amides is 1. The molecule has 0 aromatic carbocycles. The third kappa shape index (κ3) is 7.86. The van der Waals surface area contributed by atoms with E-state index >= 15 is 0 Å². The van der Waals surface area contributed by atoms with E-state index in [0.717, 1.165) is 16.2 Å². The van der Waals surface area contributed by atoms with Crippen molar-refractivity contribution in [1.82, 2.24) is 4.90 Å². The summed E-state index contributed by atoms with van der Waals surface area (Å²) in [6.45, 7) is 1.54. The van der Waals surface area contributed by atoms with E-state index in [1.54, 1.807) is 19.1 Å². The highest BCUT2D eigenvalue weighted by atomic mass is 32.2. The predicted molar refractivity (Wildman–Crippen MR) is 148 cm³/mol. The van der Waals surface area contributed by atoms with Crippen molar-refractivity contribution < 1.29 is 48.3 Å². The molecule has 222 valence electrons. The lowest BCUT2D eigenvalue weighted by atomic mass is 9.96. The molecule has 3 atom stereocenters. The molecule has 4 rings (SSSR count). The number of nitrogens with zero attached hydrogens (tertiary/aromatic N) is 2. The van der Waals surface area contributed by atoms with Crippen LogP contribution in [0.5, 0.6) is 0 Å². The third-order valence-corrected chi connectivity index (χ3v) is 8.22. The second kappa shape index (κ2) is 14.0. The minimum absolute atomic E-state index is 0.0295. The first-order chi connectivity index (χ1) is 19.7. The van der Waals surface area contributed by atoms with E-state index in [1.165, 1.54) is 11.8 Å². The number of ketones is 1. The number of thioether (sulfide) groups is 1. The fourth-order valence-corrected chi connectivity index (χ4v) is 5.98. The van der Waals surface area contributed by atoms with Gasteiger partial charge < -0.3 is 34.1 Å². The number of hydrogen-bond acceptors (Lipinski definition) is 10. The lowest BCUT2D eigenvalue weighted by Crippen LogP contribution is -2.31. The van der Waals surface area contributed by atoms with Gasteiger partial charge in [-0.15, -0.1) is 0 Å². The topological polar surface area (TPSA) is 161 Å². The van der Waals surface area contributed by atoms with Crippen LogP contribution >= 0.6 is 11.8 Å². The number of carboxylic acid groups (broad SMARTS) is 2. The van der Waals surface area contributed by atoms with E-state index < -0.39 is 11.9 Å². The number of carbonyl (C=O) groups excluding carboxylic acids is 2. The molecule has 3 heterocycles. The zero-order valence-electron chi connectivity index (χ0n) is 23.0. The second-order valence-electron chi connectivity index (χ2n) is 9.91. The Hall–Kier alpha value is -3.42. The van der Waals surface area contributed by atoms with Crippen molar-refractivity contribution in [2.75, 3.05) is 40.5 Å². The van der Waals surface area contributed by atoms with Crippen LogP contribution in [0.4, 0.5) is 0 Å². The van der Waals surface area contributed by atoms with Gasteiger partial charge in [-0.3, -0.25) is 19.2 Å². The molecule has 4 aliphatic rings. The number of methoxy groups -OCH3 is 2. The SMILES string of the molecule is COC1=C(OCCCOC2C=C3CN(C(=O)CCC(=O)O)CC3=CC2OC)N=C2SC(C(=O)CCC(=O)O)=CC2C1. The number of fused-ring (bicyclic) bond motifs is 2. The molecule has 1 fully saturated rings. The molecule has 1 amide bonds. The quantitative estimate of drug-likeness (QED) is 0.270. The first-order valence-electron chi connectivity index (χ1n) is 13.4. The number of hydrogen-bond donors (Lipinski definition) is 2. The van der Waals surface area contributed by atoms with Gasteiger partial charge in [0, 0.05) is 51.8 Å². The normalized spacial score (nSPS) is 23.2. The molecule has 13 heteroatoms. The molecule has 2 N–H and O–H groups in total. The molecular weight excluding hydrogens is 556 g/mol.